The Morgan fingerprint density at radius 3 is 2.64 bits per heavy atom. The number of aryl methyl sites for hydroxylation is 1. The van der Waals surface area contributed by atoms with Gasteiger partial charge in [-0.3, -0.25) is 4.99 Å². The van der Waals surface area contributed by atoms with E-state index in [0.29, 0.717) is 25.3 Å². The zero-order valence-corrected chi connectivity index (χ0v) is 22.7. The van der Waals surface area contributed by atoms with Crippen LogP contribution in [-0.2, 0) is 6.42 Å². The van der Waals surface area contributed by atoms with Crippen LogP contribution in [0.25, 0.3) is 15.8 Å². The maximum atomic E-state index is 10.7. The Kier molecular flexibility index (Phi) is 8.90. The third-order valence-corrected chi connectivity index (χ3v) is 8.52. The molecule has 0 saturated heterocycles. The van der Waals surface area contributed by atoms with E-state index in [-0.39, 0.29) is 24.5 Å². The number of aliphatic hydroxyl groups excluding tert-OH is 2. The molecule has 0 amide bonds. The summed E-state index contributed by atoms with van der Waals surface area (Å²) in [6.45, 7) is 10.8. The number of thiazole rings is 1. The van der Waals surface area contributed by atoms with Crippen molar-refractivity contribution in [2.75, 3.05) is 13.2 Å². The normalized spacial score (nSPS) is 21.2. The topological polar surface area (TPSA) is 102 Å². The van der Waals surface area contributed by atoms with Crippen LogP contribution in [0.3, 0.4) is 0 Å². The van der Waals surface area contributed by atoms with Crippen LogP contribution in [0.2, 0.25) is 0 Å². The molecule has 0 radical (unpaired) electrons. The van der Waals surface area contributed by atoms with E-state index >= 15 is 0 Å². The molecular weight excluding hydrogens is 490 g/mol. The molecule has 0 bridgehead atoms. The fraction of sp³-hybridized carbons (Fsp3) is 0.444. The maximum absolute atomic E-state index is 10.7. The van der Waals surface area contributed by atoms with Gasteiger partial charge < -0.3 is 20.8 Å². The molecule has 1 aliphatic rings. The lowest BCUT2D eigenvalue weighted by atomic mass is 10.0. The number of hydrogen-bond acceptors (Lipinski definition) is 7. The number of allylic oxidation sites excluding steroid dienone is 1. The second-order valence-electron chi connectivity index (χ2n) is 9.52. The molecule has 1 aromatic carbocycles. The number of benzene rings is 1. The summed E-state index contributed by atoms with van der Waals surface area (Å²) in [7, 11) is 0. The van der Waals surface area contributed by atoms with Crippen molar-refractivity contribution < 1.29 is 10.2 Å². The fourth-order valence-electron chi connectivity index (χ4n) is 4.55. The first kappa shape index (κ1) is 26.5. The molecule has 2 aromatic heterocycles. The zero-order chi connectivity index (χ0) is 25.7. The second-order valence-corrected chi connectivity index (χ2v) is 11.9. The van der Waals surface area contributed by atoms with Crippen molar-refractivity contribution >= 4 is 51.1 Å². The highest BCUT2D eigenvalue weighted by Crippen LogP contribution is 2.33. The summed E-state index contributed by atoms with van der Waals surface area (Å²) in [6.07, 6.45) is 1.53. The maximum Gasteiger partial charge on any atom is 0.223 e. The van der Waals surface area contributed by atoms with Crippen molar-refractivity contribution in [3.63, 3.8) is 0 Å². The molecule has 7 nitrogen and oxygen atoms in total. The molecule has 1 fully saturated rings. The molecule has 36 heavy (non-hydrogen) atoms. The Balaban J connectivity index is 1.67. The number of nitrogens with zero attached hydrogens (tertiary/aromatic N) is 3. The number of para-hydroxylation sites is 1. The van der Waals surface area contributed by atoms with E-state index in [4.69, 9.17) is 4.98 Å². The van der Waals surface area contributed by atoms with Crippen LogP contribution in [-0.4, -0.2) is 53.2 Å². The van der Waals surface area contributed by atoms with E-state index in [0.717, 1.165) is 33.0 Å². The van der Waals surface area contributed by atoms with Gasteiger partial charge in [0.25, 0.3) is 0 Å². The monoisotopic (exact) mass is 525 g/mol. The van der Waals surface area contributed by atoms with Gasteiger partial charge in [0.05, 0.1) is 22.4 Å². The summed E-state index contributed by atoms with van der Waals surface area (Å²) < 4.78 is 1.12. The summed E-state index contributed by atoms with van der Waals surface area (Å²) in [5.74, 6) is 1.36. The molecule has 4 rings (SSSR count). The van der Waals surface area contributed by atoms with Gasteiger partial charge in [0, 0.05) is 34.9 Å². The Morgan fingerprint density at radius 1 is 1.19 bits per heavy atom. The number of thiophene rings is 1. The molecule has 3 aromatic rings. The van der Waals surface area contributed by atoms with Crippen molar-refractivity contribution in [3.8, 4) is 0 Å². The molecule has 0 unspecified atom stereocenters. The molecule has 2 heterocycles. The minimum Gasteiger partial charge on any atom is -0.396 e. The van der Waals surface area contributed by atoms with Crippen LogP contribution < -0.4 is 10.6 Å². The van der Waals surface area contributed by atoms with Gasteiger partial charge in [0.15, 0.2) is 0 Å². The average molecular weight is 526 g/mol. The highest BCUT2D eigenvalue weighted by molar-refractivity contribution is 7.19. The number of aliphatic imine (C=N–C) groups is 2. The summed E-state index contributed by atoms with van der Waals surface area (Å²) in [5, 5.41) is 28.2. The van der Waals surface area contributed by atoms with E-state index in [9.17, 15) is 10.2 Å². The molecule has 3 atom stereocenters. The van der Waals surface area contributed by atoms with E-state index in [1.807, 2.05) is 18.2 Å². The molecule has 192 valence electrons. The quantitative estimate of drug-likeness (QED) is 0.242. The Hall–Kier alpha value is -2.59. The third kappa shape index (κ3) is 6.39. The third-order valence-electron chi connectivity index (χ3n) is 6.39. The molecule has 1 aliphatic carbocycles. The highest BCUT2D eigenvalue weighted by atomic mass is 32.1. The van der Waals surface area contributed by atoms with Gasteiger partial charge >= 0.3 is 0 Å². The van der Waals surface area contributed by atoms with Gasteiger partial charge in [-0.2, -0.15) is 0 Å². The number of aromatic nitrogens is 1. The lowest BCUT2D eigenvalue weighted by Gasteiger charge is -2.25. The van der Waals surface area contributed by atoms with Crippen LogP contribution in [0.1, 0.15) is 41.5 Å². The van der Waals surface area contributed by atoms with Crippen LogP contribution in [0.5, 0.6) is 0 Å². The molecule has 0 aliphatic heterocycles. The SMILES string of the molecule is C=NC(=NCCc1ccc(C)s1)N/C(N[C@@H]1C[C@H](CO)C[C@H]1O)=C(/c1nc2ccccc2s1)C(C)C. The Labute approximate surface area is 220 Å². The molecule has 9 heteroatoms. The first-order valence-corrected chi connectivity index (χ1v) is 14.0. The van der Waals surface area contributed by atoms with E-state index in [2.05, 4.69) is 66.3 Å². The van der Waals surface area contributed by atoms with Gasteiger partial charge in [-0.25, -0.2) is 9.98 Å². The molecular formula is C27H35N5O2S2. The van der Waals surface area contributed by atoms with Gasteiger partial charge in [-0.1, -0.05) is 26.0 Å². The molecule has 0 spiro atoms. The van der Waals surface area contributed by atoms with Gasteiger partial charge in [-0.05, 0) is 62.6 Å². The van der Waals surface area contributed by atoms with Crippen molar-refractivity contribution in [3.05, 3.63) is 57.0 Å². The van der Waals surface area contributed by atoms with Crippen LogP contribution in [0, 0.1) is 18.8 Å². The number of hydrogen-bond donors (Lipinski definition) is 4. The van der Waals surface area contributed by atoms with Crippen LogP contribution in [0.4, 0.5) is 0 Å². The van der Waals surface area contributed by atoms with E-state index in [1.165, 1.54) is 9.75 Å². The highest BCUT2D eigenvalue weighted by Gasteiger charge is 2.34. The predicted octanol–water partition coefficient (Wildman–Crippen LogP) is 4.60. The Bertz CT molecular complexity index is 1210. The average Bonchev–Trinajstić information content (AvgIpc) is 3.56. The van der Waals surface area contributed by atoms with Crippen molar-refractivity contribution in [1.82, 2.24) is 15.6 Å². The summed E-state index contributed by atoms with van der Waals surface area (Å²) in [6, 6.07) is 12.2. The first-order chi connectivity index (χ1) is 17.4. The lowest BCUT2D eigenvalue weighted by Crippen LogP contribution is -2.42. The standard InChI is InChI=1S/C27H35N5O2S2/c1-16(2)24(26-31-20-7-5-6-8-23(20)36-26)25(30-21-13-18(15-33)14-22(21)34)32-27(28-4)29-12-11-19-10-9-17(3)35-19/h5-10,16,18,21-22,30,33-34H,4,11-15H2,1-3H3,(H,29,32)/b25-24+/t18-,21+,22+/m0/s1. The number of aliphatic hydroxyl groups is 2. The predicted molar refractivity (Wildman–Crippen MR) is 152 cm³/mol. The van der Waals surface area contributed by atoms with Gasteiger partial charge in [0.1, 0.15) is 10.8 Å². The first-order valence-electron chi connectivity index (χ1n) is 12.4. The number of rotatable bonds is 9. The molecule has 4 N–H and O–H groups in total. The van der Waals surface area contributed by atoms with Gasteiger partial charge in [0.2, 0.25) is 5.96 Å². The van der Waals surface area contributed by atoms with Crippen LogP contribution in [0.15, 0.2) is 52.2 Å². The number of guanidine groups is 1. The molecule has 1 saturated carbocycles. The summed E-state index contributed by atoms with van der Waals surface area (Å²) >= 11 is 3.42. The number of fused-ring (bicyclic) bond motifs is 1. The summed E-state index contributed by atoms with van der Waals surface area (Å²) in [4.78, 5) is 16.3. The lowest BCUT2D eigenvalue weighted by molar-refractivity contribution is 0.144. The number of nitrogens with one attached hydrogen (secondary N) is 2. The van der Waals surface area contributed by atoms with Crippen LogP contribution >= 0.6 is 22.7 Å². The smallest absolute Gasteiger partial charge is 0.223 e. The minimum absolute atomic E-state index is 0.0692. The minimum atomic E-state index is -0.554. The Morgan fingerprint density at radius 2 is 2.00 bits per heavy atom. The van der Waals surface area contributed by atoms with Crippen molar-refractivity contribution in [2.45, 2.75) is 52.2 Å². The van der Waals surface area contributed by atoms with Gasteiger partial charge in [-0.15, -0.1) is 22.7 Å². The fourth-order valence-corrected chi connectivity index (χ4v) is 6.60. The van der Waals surface area contributed by atoms with E-state index in [1.54, 1.807) is 22.7 Å². The summed E-state index contributed by atoms with van der Waals surface area (Å²) in [5.41, 5.74) is 1.96. The zero-order valence-electron chi connectivity index (χ0n) is 21.1. The largest absolute Gasteiger partial charge is 0.396 e. The second kappa shape index (κ2) is 12.1. The van der Waals surface area contributed by atoms with Crippen molar-refractivity contribution in [1.29, 1.82) is 0 Å². The van der Waals surface area contributed by atoms with Crippen molar-refractivity contribution in [2.24, 2.45) is 21.8 Å². The van der Waals surface area contributed by atoms with E-state index < -0.39 is 6.10 Å².